The molecular weight excluding hydrogens is 318 g/mol. The number of anilines is 1. The number of carbonyl (C=O) groups is 1. The zero-order valence-corrected chi connectivity index (χ0v) is 14.3. The van der Waals surface area contributed by atoms with E-state index in [9.17, 15) is 4.79 Å². The summed E-state index contributed by atoms with van der Waals surface area (Å²) < 4.78 is 5.04. The molecule has 3 aromatic heterocycles. The van der Waals surface area contributed by atoms with Crippen molar-refractivity contribution in [3.05, 3.63) is 42.5 Å². The van der Waals surface area contributed by atoms with E-state index in [1.54, 1.807) is 6.07 Å². The molecule has 2 atom stereocenters. The van der Waals surface area contributed by atoms with Gasteiger partial charge >= 0.3 is 0 Å². The molecule has 0 aromatic carbocycles. The second-order valence-corrected chi connectivity index (χ2v) is 6.64. The lowest BCUT2D eigenvalue weighted by atomic mass is 9.91. The number of piperidine rings is 1. The number of nitrogens with zero attached hydrogens (tertiary/aromatic N) is 4. The molecule has 7 nitrogen and oxygen atoms in total. The van der Waals surface area contributed by atoms with Crippen molar-refractivity contribution < 1.29 is 9.32 Å². The molecule has 1 aliphatic heterocycles. The first-order valence-corrected chi connectivity index (χ1v) is 8.50. The lowest BCUT2D eigenvalue weighted by molar-refractivity contribution is 0.0628. The van der Waals surface area contributed by atoms with Gasteiger partial charge in [0.2, 0.25) is 5.76 Å². The number of hydrogen-bond donors (Lipinski definition) is 1. The third kappa shape index (κ3) is 2.75. The summed E-state index contributed by atoms with van der Waals surface area (Å²) in [7, 11) is 2.09. The minimum Gasteiger partial charge on any atom is -0.369 e. The highest BCUT2D eigenvalue weighted by atomic mass is 16.5. The highest BCUT2D eigenvalue weighted by Gasteiger charge is 2.33. The first kappa shape index (κ1) is 15.7. The lowest BCUT2D eigenvalue weighted by Gasteiger charge is -2.42. The Morgan fingerprint density at radius 1 is 1.36 bits per heavy atom. The van der Waals surface area contributed by atoms with Crippen molar-refractivity contribution in [2.75, 3.05) is 25.0 Å². The van der Waals surface area contributed by atoms with Crippen molar-refractivity contribution in [3.8, 4) is 0 Å². The maximum absolute atomic E-state index is 12.6. The Morgan fingerprint density at radius 2 is 2.24 bits per heavy atom. The molecule has 130 valence electrons. The molecule has 1 N–H and O–H groups in total. The van der Waals surface area contributed by atoms with Crippen LogP contribution < -0.4 is 4.90 Å². The van der Waals surface area contributed by atoms with Crippen LogP contribution in [0.15, 0.2) is 41.3 Å². The van der Waals surface area contributed by atoms with Gasteiger partial charge in [-0.15, -0.1) is 0 Å². The third-order valence-corrected chi connectivity index (χ3v) is 5.17. The van der Waals surface area contributed by atoms with Crippen molar-refractivity contribution in [3.63, 3.8) is 0 Å². The van der Waals surface area contributed by atoms with Gasteiger partial charge < -0.3 is 19.3 Å². The monoisotopic (exact) mass is 339 g/mol. The number of H-pyrrole nitrogens is 1. The summed E-state index contributed by atoms with van der Waals surface area (Å²) in [5.41, 5.74) is 2.00. The molecule has 1 saturated heterocycles. The molecule has 4 rings (SSSR count). The predicted octanol–water partition coefficient (Wildman–Crippen LogP) is 2.54. The predicted molar refractivity (Wildman–Crippen MR) is 94.5 cm³/mol. The maximum Gasteiger partial charge on any atom is 0.292 e. The highest BCUT2D eigenvalue weighted by Crippen LogP contribution is 2.30. The number of hydrogen-bond acceptors (Lipinski definition) is 5. The van der Waals surface area contributed by atoms with E-state index in [-0.39, 0.29) is 11.9 Å². The van der Waals surface area contributed by atoms with Gasteiger partial charge in [-0.3, -0.25) is 4.79 Å². The lowest BCUT2D eigenvalue weighted by Crippen LogP contribution is -2.52. The first-order chi connectivity index (χ1) is 12.1. The minimum atomic E-state index is -0.0932. The van der Waals surface area contributed by atoms with Gasteiger partial charge in [0, 0.05) is 55.7 Å². The second kappa shape index (κ2) is 6.23. The van der Waals surface area contributed by atoms with Crippen molar-refractivity contribution in [1.29, 1.82) is 0 Å². The second-order valence-electron chi connectivity index (χ2n) is 6.64. The Morgan fingerprint density at radius 3 is 3.04 bits per heavy atom. The number of amides is 1. The summed E-state index contributed by atoms with van der Waals surface area (Å²) in [6.45, 7) is 3.64. The van der Waals surface area contributed by atoms with Gasteiger partial charge in [-0.05, 0) is 24.5 Å². The van der Waals surface area contributed by atoms with E-state index >= 15 is 0 Å². The molecule has 0 radical (unpaired) electrons. The van der Waals surface area contributed by atoms with Gasteiger partial charge in [0.05, 0.1) is 6.20 Å². The van der Waals surface area contributed by atoms with E-state index in [1.165, 1.54) is 6.20 Å². The van der Waals surface area contributed by atoms with Crippen LogP contribution in [0.3, 0.4) is 0 Å². The van der Waals surface area contributed by atoms with Crippen LogP contribution in [-0.4, -0.2) is 52.1 Å². The van der Waals surface area contributed by atoms with Crippen LogP contribution in [-0.2, 0) is 0 Å². The number of carbonyl (C=O) groups excluding carboxylic acids is 1. The van der Waals surface area contributed by atoms with Crippen LogP contribution in [0, 0.1) is 5.92 Å². The number of nitrogens with one attached hydrogen (secondary N) is 1. The number of aromatic nitrogens is 3. The number of aromatic amines is 1. The molecule has 1 amide bonds. The summed E-state index contributed by atoms with van der Waals surface area (Å²) in [6, 6.07) is 5.91. The topological polar surface area (TPSA) is 78.3 Å². The Kier molecular flexibility index (Phi) is 3.91. The summed E-state index contributed by atoms with van der Waals surface area (Å²) in [5.74, 6) is 0.683. The summed E-state index contributed by atoms with van der Waals surface area (Å²) in [6.07, 6.45) is 6.17. The van der Waals surface area contributed by atoms with E-state index in [2.05, 4.69) is 34.0 Å². The fourth-order valence-corrected chi connectivity index (χ4v) is 3.65. The molecule has 25 heavy (non-hydrogen) atoms. The molecule has 1 unspecified atom stereocenters. The van der Waals surface area contributed by atoms with Gasteiger partial charge in [0.15, 0.2) is 0 Å². The van der Waals surface area contributed by atoms with E-state index in [1.807, 2.05) is 29.4 Å². The van der Waals surface area contributed by atoms with Gasteiger partial charge in [0.1, 0.15) is 5.65 Å². The summed E-state index contributed by atoms with van der Waals surface area (Å²) in [5, 5.41) is 4.73. The van der Waals surface area contributed by atoms with Gasteiger partial charge in [-0.2, -0.15) is 0 Å². The smallest absolute Gasteiger partial charge is 0.292 e. The number of likely N-dealkylation sites (tertiary alicyclic amines) is 1. The van der Waals surface area contributed by atoms with Crippen LogP contribution in [0.4, 0.5) is 5.69 Å². The molecule has 1 aliphatic rings. The molecule has 0 bridgehead atoms. The molecule has 7 heteroatoms. The Labute approximate surface area is 145 Å². The summed E-state index contributed by atoms with van der Waals surface area (Å²) in [4.78, 5) is 24.2. The highest BCUT2D eigenvalue weighted by molar-refractivity contribution is 5.92. The number of rotatable bonds is 3. The summed E-state index contributed by atoms with van der Waals surface area (Å²) >= 11 is 0. The molecule has 0 saturated carbocycles. The van der Waals surface area contributed by atoms with Gasteiger partial charge in [-0.25, -0.2) is 4.98 Å². The van der Waals surface area contributed by atoms with E-state index in [4.69, 9.17) is 4.52 Å². The first-order valence-electron chi connectivity index (χ1n) is 8.50. The van der Waals surface area contributed by atoms with Crippen LogP contribution in [0.1, 0.15) is 23.9 Å². The Bertz CT molecular complexity index is 873. The SMILES string of the molecule is C[C@@H]1CCN(C(=O)c2ccno2)CC1N(C)c1ccnc2[nH]ccc12. The molecule has 0 spiro atoms. The maximum atomic E-state index is 12.6. The number of likely N-dealkylation sites (N-methyl/N-ethyl adjacent to an activating group) is 1. The van der Waals surface area contributed by atoms with Crippen molar-refractivity contribution in [2.45, 2.75) is 19.4 Å². The third-order valence-electron chi connectivity index (χ3n) is 5.17. The van der Waals surface area contributed by atoms with E-state index in [0.717, 1.165) is 29.7 Å². The zero-order valence-electron chi connectivity index (χ0n) is 14.3. The molecule has 1 fully saturated rings. The van der Waals surface area contributed by atoms with Crippen molar-refractivity contribution in [1.82, 2.24) is 20.0 Å². The van der Waals surface area contributed by atoms with Crippen molar-refractivity contribution in [2.24, 2.45) is 5.92 Å². The van der Waals surface area contributed by atoms with Crippen LogP contribution >= 0.6 is 0 Å². The minimum absolute atomic E-state index is 0.0932. The van der Waals surface area contributed by atoms with Crippen molar-refractivity contribution >= 4 is 22.6 Å². The number of fused-ring (bicyclic) bond motifs is 1. The number of pyridine rings is 1. The van der Waals surface area contributed by atoms with E-state index in [0.29, 0.717) is 18.2 Å². The Hall–Kier alpha value is -2.83. The largest absolute Gasteiger partial charge is 0.369 e. The molecule has 3 aromatic rings. The van der Waals surface area contributed by atoms with Crippen LogP contribution in [0.2, 0.25) is 0 Å². The molecule has 4 heterocycles. The quantitative estimate of drug-likeness (QED) is 0.793. The van der Waals surface area contributed by atoms with Gasteiger partial charge in [-0.1, -0.05) is 12.1 Å². The van der Waals surface area contributed by atoms with E-state index < -0.39 is 0 Å². The zero-order chi connectivity index (χ0) is 17.4. The standard InChI is InChI=1S/C18H21N5O2/c1-12-6-10-23(18(24)16-5-9-21-25-16)11-15(12)22(2)14-4-8-20-17-13(14)3-7-19-17/h3-5,7-9,12,15H,6,10-11H2,1-2H3,(H,19,20)/t12-,15?/m1/s1. The van der Waals surface area contributed by atoms with Gasteiger partial charge in [0.25, 0.3) is 5.91 Å². The molecular formula is C18H21N5O2. The van der Waals surface area contributed by atoms with Crippen LogP contribution in [0.5, 0.6) is 0 Å². The average Bonchev–Trinajstić information content (AvgIpc) is 3.32. The fraction of sp³-hybridized carbons (Fsp3) is 0.389. The van der Waals surface area contributed by atoms with Crippen LogP contribution in [0.25, 0.3) is 11.0 Å². The average molecular weight is 339 g/mol. The normalized spacial score (nSPS) is 20.8. The molecule has 0 aliphatic carbocycles. The fourth-order valence-electron chi connectivity index (χ4n) is 3.65. The Balaban J connectivity index is 1.59.